The highest BCUT2D eigenvalue weighted by molar-refractivity contribution is 7.13. The van der Waals surface area contributed by atoms with Gasteiger partial charge in [-0.25, -0.2) is 4.98 Å². The maximum atomic E-state index is 12.9. The van der Waals surface area contributed by atoms with E-state index in [4.69, 9.17) is 4.74 Å². The molecule has 2 unspecified atom stereocenters. The molecule has 1 aliphatic rings. The largest absolute Gasteiger partial charge is 0.496 e. The highest BCUT2D eigenvalue weighted by Gasteiger charge is 2.42. The predicted molar refractivity (Wildman–Crippen MR) is 93.4 cm³/mol. The summed E-state index contributed by atoms with van der Waals surface area (Å²) in [5, 5.41) is 4.95. The van der Waals surface area contributed by atoms with Gasteiger partial charge in [0.05, 0.1) is 18.6 Å². The Morgan fingerprint density at radius 2 is 2.08 bits per heavy atom. The molecule has 0 bridgehead atoms. The third-order valence-electron chi connectivity index (χ3n) is 4.55. The van der Waals surface area contributed by atoms with Gasteiger partial charge in [0.15, 0.2) is 0 Å². The summed E-state index contributed by atoms with van der Waals surface area (Å²) in [5.74, 6) is -1.13. The number of nitrogens with zero attached hydrogens (tertiary/aromatic N) is 1. The molecule has 0 saturated heterocycles. The number of aromatic nitrogens is 1. The normalized spacial score (nSPS) is 20.6. The van der Waals surface area contributed by atoms with Gasteiger partial charge in [0, 0.05) is 11.4 Å². The fraction of sp³-hybridized carbons (Fsp3) is 0.444. The zero-order valence-corrected chi connectivity index (χ0v) is 15.0. The monoisotopic (exact) mass is 384 g/mol. The van der Waals surface area contributed by atoms with Gasteiger partial charge in [-0.1, -0.05) is 18.6 Å². The van der Waals surface area contributed by atoms with Gasteiger partial charge in [-0.3, -0.25) is 4.79 Å². The van der Waals surface area contributed by atoms with Crippen molar-refractivity contribution in [3.8, 4) is 16.3 Å². The second kappa shape index (κ2) is 7.65. The van der Waals surface area contributed by atoms with Crippen LogP contribution in [0.1, 0.15) is 36.2 Å². The molecule has 2 atom stereocenters. The SMILES string of the molecule is COc1ccccc1-c1nc(C(=O)NC2CCCC(C(F)(F)F)C2)cs1. The summed E-state index contributed by atoms with van der Waals surface area (Å²) in [6.07, 6.45) is -3.13. The zero-order chi connectivity index (χ0) is 18.7. The fourth-order valence-corrected chi connectivity index (χ4v) is 4.03. The van der Waals surface area contributed by atoms with Gasteiger partial charge in [-0.05, 0) is 31.4 Å². The van der Waals surface area contributed by atoms with Crippen LogP contribution in [0.5, 0.6) is 5.75 Å². The van der Waals surface area contributed by atoms with E-state index < -0.39 is 24.0 Å². The van der Waals surface area contributed by atoms with Gasteiger partial charge in [0.1, 0.15) is 16.5 Å². The van der Waals surface area contributed by atoms with Crippen molar-refractivity contribution in [2.45, 2.75) is 37.9 Å². The van der Waals surface area contributed by atoms with Crippen LogP contribution in [0.2, 0.25) is 0 Å². The first-order valence-corrected chi connectivity index (χ1v) is 9.23. The summed E-state index contributed by atoms with van der Waals surface area (Å²) in [6.45, 7) is 0. The first kappa shape index (κ1) is 18.7. The minimum atomic E-state index is -4.21. The summed E-state index contributed by atoms with van der Waals surface area (Å²) >= 11 is 1.30. The van der Waals surface area contributed by atoms with Crippen molar-refractivity contribution in [3.05, 3.63) is 35.3 Å². The Labute approximate surface area is 153 Å². The molecule has 3 rings (SSSR count). The number of alkyl halides is 3. The Balaban J connectivity index is 1.69. The Kier molecular flexibility index (Phi) is 5.50. The molecule has 1 saturated carbocycles. The molecule has 1 heterocycles. The molecule has 0 aliphatic heterocycles. The maximum absolute atomic E-state index is 12.9. The Morgan fingerprint density at radius 3 is 2.81 bits per heavy atom. The van der Waals surface area contributed by atoms with Gasteiger partial charge < -0.3 is 10.1 Å². The smallest absolute Gasteiger partial charge is 0.391 e. The minimum Gasteiger partial charge on any atom is -0.496 e. The highest BCUT2D eigenvalue weighted by Crippen LogP contribution is 2.37. The van der Waals surface area contributed by atoms with Crippen molar-refractivity contribution in [1.29, 1.82) is 0 Å². The third kappa shape index (κ3) is 4.17. The number of ether oxygens (including phenoxy) is 1. The van der Waals surface area contributed by atoms with Crippen LogP contribution in [0.25, 0.3) is 10.6 Å². The number of hydrogen-bond donors (Lipinski definition) is 1. The van der Waals surface area contributed by atoms with Gasteiger partial charge >= 0.3 is 6.18 Å². The van der Waals surface area contributed by atoms with E-state index in [2.05, 4.69) is 10.3 Å². The molecule has 4 nitrogen and oxygen atoms in total. The molecule has 2 aromatic rings. The number of para-hydroxylation sites is 1. The Bertz CT molecular complexity index is 776. The molecule has 1 N–H and O–H groups in total. The number of amides is 1. The average molecular weight is 384 g/mol. The van der Waals surface area contributed by atoms with Crippen molar-refractivity contribution < 1.29 is 22.7 Å². The van der Waals surface area contributed by atoms with E-state index in [1.165, 1.54) is 11.3 Å². The summed E-state index contributed by atoms with van der Waals surface area (Å²) < 4.78 is 44.0. The van der Waals surface area contributed by atoms with E-state index in [0.29, 0.717) is 23.6 Å². The molecule has 1 aromatic carbocycles. The lowest BCUT2D eigenvalue weighted by Gasteiger charge is -2.30. The number of benzene rings is 1. The number of halogens is 3. The Morgan fingerprint density at radius 1 is 1.31 bits per heavy atom. The molecular formula is C18H19F3N2O2S. The maximum Gasteiger partial charge on any atom is 0.391 e. The summed E-state index contributed by atoms with van der Waals surface area (Å²) in [5.41, 5.74) is 0.985. The Hall–Kier alpha value is -2.09. The number of methoxy groups -OCH3 is 1. The molecule has 1 amide bonds. The van der Waals surface area contributed by atoms with Crippen LogP contribution in [-0.2, 0) is 0 Å². The first-order valence-electron chi connectivity index (χ1n) is 8.35. The summed E-state index contributed by atoms with van der Waals surface area (Å²) in [4.78, 5) is 16.7. The van der Waals surface area contributed by atoms with E-state index in [9.17, 15) is 18.0 Å². The minimum absolute atomic E-state index is 0.0707. The number of carbonyl (C=O) groups is 1. The predicted octanol–water partition coefficient (Wildman–Crippen LogP) is 4.67. The van der Waals surface area contributed by atoms with E-state index in [0.717, 1.165) is 5.56 Å². The number of carbonyl (C=O) groups excluding carboxylic acids is 1. The molecule has 1 aliphatic carbocycles. The van der Waals surface area contributed by atoms with E-state index in [-0.39, 0.29) is 18.5 Å². The molecule has 1 aromatic heterocycles. The van der Waals surface area contributed by atoms with Gasteiger partial charge in [0.2, 0.25) is 0 Å². The molecule has 26 heavy (non-hydrogen) atoms. The van der Waals surface area contributed by atoms with Crippen LogP contribution >= 0.6 is 11.3 Å². The number of thiazole rings is 1. The fourth-order valence-electron chi connectivity index (χ4n) is 3.20. The molecule has 140 valence electrons. The van der Waals surface area contributed by atoms with Crippen LogP contribution in [0.4, 0.5) is 13.2 Å². The molecule has 8 heteroatoms. The van der Waals surface area contributed by atoms with Crippen molar-refractivity contribution in [2.75, 3.05) is 7.11 Å². The lowest BCUT2D eigenvalue weighted by atomic mass is 9.85. The summed E-state index contributed by atoms with van der Waals surface area (Å²) in [6, 6.07) is 6.85. The first-order chi connectivity index (χ1) is 12.4. The van der Waals surface area contributed by atoms with E-state index >= 15 is 0 Å². The second-order valence-electron chi connectivity index (χ2n) is 6.31. The van der Waals surface area contributed by atoms with Gasteiger partial charge in [-0.2, -0.15) is 13.2 Å². The van der Waals surface area contributed by atoms with Crippen LogP contribution in [0.3, 0.4) is 0 Å². The quantitative estimate of drug-likeness (QED) is 0.833. The van der Waals surface area contributed by atoms with Gasteiger partial charge in [-0.15, -0.1) is 11.3 Å². The number of nitrogens with one attached hydrogen (secondary N) is 1. The van der Waals surface area contributed by atoms with Crippen molar-refractivity contribution >= 4 is 17.2 Å². The average Bonchev–Trinajstić information content (AvgIpc) is 3.11. The molecule has 0 radical (unpaired) electrons. The van der Waals surface area contributed by atoms with Crippen LogP contribution < -0.4 is 10.1 Å². The molecular weight excluding hydrogens is 365 g/mol. The summed E-state index contributed by atoms with van der Waals surface area (Å²) in [7, 11) is 1.56. The van der Waals surface area contributed by atoms with Crippen molar-refractivity contribution in [1.82, 2.24) is 10.3 Å². The number of rotatable bonds is 4. The van der Waals surface area contributed by atoms with Crippen molar-refractivity contribution in [3.63, 3.8) is 0 Å². The topological polar surface area (TPSA) is 51.2 Å². The van der Waals surface area contributed by atoms with Crippen molar-refractivity contribution in [2.24, 2.45) is 5.92 Å². The van der Waals surface area contributed by atoms with Gasteiger partial charge in [0.25, 0.3) is 5.91 Å². The molecule has 0 spiro atoms. The standard InChI is InChI=1S/C18H19F3N2O2S/c1-25-15-8-3-2-7-13(15)17-23-14(10-26-17)16(24)22-12-6-4-5-11(9-12)18(19,20)21/h2-3,7-8,10-12H,4-6,9H2,1H3,(H,22,24). The highest BCUT2D eigenvalue weighted by atomic mass is 32.1. The second-order valence-corrected chi connectivity index (χ2v) is 7.17. The third-order valence-corrected chi connectivity index (χ3v) is 5.42. The van der Waals surface area contributed by atoms with Crippen LogP contribution in [-0.4, -0.2) is 30.2 Å². The molecule has 1 fully saturated rings. The van der Waals surface area contributed by atoms with Crippen LogP contribution in [0, 0.1) is 5.92 Å². The zero-order valence-electron chi connectivity index (χ0n) is 14.2. The lowest BCUT2D eigenvalue weighted by molar-refractivity contribution is -0.183. The van der Waals surface area contributed by atoms with Crippen LogP contribution in [0.15, 0.2) is 29.6 Å². The van der Waals surface area contributed by atoms with E-state index in [1.54, 1.807) is 18.6 Å². The van der Waals surface area contributed by atoms with E-state index in [1.807, 2.05) is 18.2 Å². The lowest BCUT2D eigenvalue weighted by Crippen LogP contribution is -2.41. The number of hydrogen-bond acceptors (Lipinski definition) is 4.